The van der Waals surface area contributed by atoms with Crippen molar-refractivity contribution in [2.75, 3.05) is 0 Å². The molecule has 0 spiro atoms. The molecule has 9 heavy (non-hydrogen) atoms. The Morgan fingerprint density at radius 3 is 2.78 bits per heavy atom. The largest absolute Gasteiger partial charge is 0.0744 e. The van der Waals surface area contributed by atoms with Gasteiger partial charge in [0.2, 0.25) is 0 Å². The minimum atomic E-state index is 1.26. The Morgan fingerprint density at radius 2 is 1.89 bits per heavy atom. The van der Waals surface area contributed by atoms with E-state index in [4.69, 9.17) is 0 Å². The van der Waals surface area contributed by atoms with Crippen LogP contribution in [0, 0.1) is 0 Å². The van der Waals surface area contributed by atoms with Crippen LogP contribution in [-0.2, 0) is 0 Å². The normalized spacial score (nSPS) is 27.9. The van der Waals surface area contributed by atoms with Gasteiger partial charge in [-0.1, -0.05) is 34.8 Å². The van der Waals surface area contributed by atoms with Crippen molar-refractivity contribution < 1.29 is 0 Å². The monoisotopic (exact) mass is 188 g/mol. The Kier molecular flexibility index (Phi) is 3.34. The number of rotatable bonds is 0. The van der Waals surface area contributed by atoms with E-state index >= 15 is 0 Å². The van der Waals surface area contributed by atoms with Crippen LogP contribution < -0.4 is 0 Å². The van der Waals surface area contributed by atoms with Crippen molar-refractivity contribution in [1.29, 1.82) is 0 Å². The van der Waals surface area contributed by atoms with E-state index < -0.39 is 0 Å². The van der Waals surface area contributed by atoms with Crippen LogP contribution in [0.3, 0.4) is 0 Å². The van der Waals surface area contributed by atoms with Crippen LogP contribution in [0.4, 0.5) is 0 Å². The zero-order valence-electron chi connectivity index (χ0n) is 5.70. The lowest BCUT2D eigenvalue weighted by Gasteiger charge is -2.04. The Labute approximate surface area is 65.5 Å². The van der Waals surface area contributed by atoms with E-state index in [0.717, 1.165) is 0 Å². The Morgan fingerprint density at radius 1 is 1.11 bits per heavy atom. The molecule has 0 heterocycles. The second-order valence-corrected chi connectivity index (χ2v) is 3.62. The van der Waals surface area contributed by atoms with E-state index in [1.807, 2.05) is 0 Å². The molecule has 0 saturated heterocycles. The van der Waals surface area contributed by atoms with Crippen molar-refractivity contribution in [3.8, 4) is 0 Å². The second-order valence-electron chi connectivity index (χ2n) is 2.60. The fourth-order valence-corrected chi connectivity index (χ4v) is 1.66. The number of hydrogen-bond acceptors (Lipinski definition) is 0. The smallest absolute Gasteiger partial charge is 0.00892 e. The van der Waals surface area contributed by atoms with Gasteiger partial charge in [0.25, 0.3) is 0 Å². The van der Waals surface area contributed by atoms with Crippen molar-refractivity contribution >= 4 is 15.9 Å². The van der Waals surface area contributed by atoms with Crippen LogP contribution in [-0.4, -0.2) is 0 Å². The number of halogens is 1. The first kappa shape index (κ1) is 7.33. The maximum absolute atomic E-state index is 3.53. The molecule has 0 fully saturated rings. The molecule has 0 aromatic rings. The first-order valence-electron chi connectivity index (χ1n) is 3.74. The molecule has 1 aliphatic carbocycles. The van der Waals surface area contributed by atoms with Gasteiger partial charge in [-0.3, -0.25) is 0 Å². The lowest BCUT2D eigenvalue weighted by atomic mass is 10.1. The zero-order valence-corrected chi connectivity index (χ0v) is 7.28. The fourth-order valence-electron chi connectivity index (χ4n) is 1.15. The zero-order chi connectivity index (χ0) is 6.53. The van der Waals surface area contributed by atoms with Gasteiger partial charge < -0.3 is 0 Å². The Bertz CT molecular complexity index is 105. The highest BCUT2D eigenvalue weighted by molar-refractivity contribution is 9.11. The summed E-state index contributed by atoms with van der Waals surface area (Å²) in [7, 11) is 0. The van der Waals surface area contributed by atoms with Gasteiger partial charge in [-0.2, -0.15) is 0 Å². The van der Waals surface area contributed by atoms with Gasteiger partial charge in [-0.25, -0.2) is 0 Å². The average Bonchev–Trinajstić information content (AvgIpc) is 1.79. The molecule has 0 nitrogen and oxygen atoms in total. The molecular weight excluding hydrogens is 176 g/mol. The summed E-state index contributed by atoms with van der Waals surface area (Å²) in [4.78, 5) is 0. The maximum Gasteiger partial charge on any atom is -0.00892 e. The highest BCUT2D eigenvalue weighted by Gasteiger charge is 1.96. The van der Waals surface area contributed by atoms with Crippen molar-refractivity contribution in [1.82, 2.24) is 0 Å². The van der Waals surface area contributed by atoms with E-state index in [-0.39, 0.29) is 0 Å². The van der Waals surface area contributed by atoms with E-state index in [1.54, 1.807) is 0 Å². The van der Waals surface area contributed by atoms with Gasteiger partial charge >= 0.3 is 0 Å². The summed E-state index contributed by atoms with van der Waals surface area (Å²) in [6, 6.07) is 0. The number of hydrogen-bond donors (Lipinski definition) is 0. The van der Waals surface area contributed by atoms with Crippen molar-refractivity contribution in [3.05, 3.63) is 10.6 Å². The van der Waals surface area contributed by atoms with Gasteiger partial charge in [-0.05, 0) is 30.2 Å². The molecule has 0 unspecified atom stereocenters. The molecule has 1 aliphatic rings. The van der Waals surface area contributed by atoms with Crippen molar-refractivity contribution in [3.63, 3.8) is 0 Å². The molecule has 0 atom stereocenters. The highest BCUT2D eigenvalue weighted by atomic mass is 79.9. The molecule has 0 aromatic carbocycles. The number of allylic oxidation sites excluding steroid dienone is 2. The molecule has 1 rings (SSSR count). The third-order valence-electron chi connectivity index (χ3n) is 1.74. The SMILES string of the molecule is Br/C1=C\CCCCCC1. The quantitative estimate of drug-likeness (QED) is 0.545. The van der Waals surface area contributed by atoms with Gasteiger partial charge in [0.05, 0.1) is 0 Å². The molecular formula is C8H13Br. The Hall–Kier alpha value is 0.220. The summed E-state index contributed by atoms with van der Waals surface area (Å²) in [6.07, 6.45) is 10.5. The molecule has 0 aliphatic heterocycles. The summed E-state index contributed by atoms with van der Waals surface area (Å²) < 4.78 is 1.42. The first-order valence-corrected chi connectivity index (χ1v) is 4.53. The van der Waals surface area contributed by atoms with E-state index in [9.17, 15) is 0 Å². The second kappa shape index (κ2) is 4.10. The van der Waals surface area contributed by atoms with E-state index in [0.29, 0.717) is 0 Å². The van der Waals surface area contributed by atoms with Crippen LogP contribution in [0.5, 0.6) is 0 Å². The topological polar surface area (TPSA) is 0 Å². The van der Waals surface area contributed by atoms with Gasteiger partial charge in [-0.15, -0.1) is 0 Å². The van der Waals surface area contributed by atoms with Gasteiger partial charge in [0.1, 0.15) is 0 Å². The molecule has 0 saturated carbocycles. The van der Waals surface area contributed by atoms with Crippen molar-refractivity contribution in [2.24, 2.45) is 0 Å². The minimum absolute atomic E-state index is 1.26. The van der Waals surface area contributed by atoms with Crippen LogP contribution in [0.1, 0.15) is 38.5 Å². The van der Waals surface area contributed by atoms with E-state index in [1.165, 1.54) is 43.0 Å². The molecule has 0 amide bonds. The van der Waals surface area contributed by atoms with E-state index in [2.05, 4.69) is 22.0 Å². The lowest BCUT2D eigenvalue weighted by Crippen LogP contribution is -1.83. The molecule has 1 heteroatoms. The standard InChI is InChI=1S/C8H13Br/c9-8-6-4-2-1-3-5-7-8/h6H,1-5,7H2/b8-6-. The Balaban J connectivity index is 2.32. The van der Waals surface area contributed by atoms with Crippen LogP contribution in [0.25, 0.3) is 0 Å². The highest BCUT2D eigenvalue weighted by Crippen LogP contribution is 2.20. The predicted molar refractivity (Wildman–Crippen MR) is 44.7 cm³/mol. The van der Waals surface area contributed by atoms with Crippen LogP contribution in [0.2, 0.25) is 0 Å². The summed E-state index contributed by atoms with van der Waals surface area (Å²) in [6.45, 7) is 0. The fraction of sp³-hybridized carbons (Fsp3) is 0.750. The van der Waals surface area contributed by atoms with Gasteiger partial charge in [0, 0.05) is 0 Å². The summed E-state index contributed by atoms with van der Waals surface area (Å²) in [5, 5.41) is 0. The minimum Gasteiger partial charge on any atom is -0.0744 e. The molecule has 52 valence electrons. The molecule has 0 aromatic heterocycles. The van der Waals surface area contributed by atoms with Crippen molar-refractivity contribution in [2.45, 2.75) is 38.5 Å². The third kappa shape index (κ3) is 3.04. The lowest BCUT2D eigenvalue weighted by molar-refractivity contribution is 0.635. The molecule has 0 N–H and O–H groups in total. The first-order chi connectivity index (χ1) is 4.39. The summed E-state index contributed by atoms with van der Waals surface area (Å²) >= 11 is 3.53. The maximum atomic E-state index is 3.53. The summed E-state index contributed by atoms with van der Waals surface area (Å²) in [5.74, 6) is 0. The summed E-state index contributed by atoms with van der Waals surface area (Å²) in [5.41, 5.74) is 0. The molecule has 0 radical (unpaired) electrons. The van der Waals surface area contributed by atoms with Crippen LogP contribution >= 0.6 is 15.9 Å². The van der Waals surface area contributed by atoms with Gasteiger partial charge in [0.15, 0.2) is 0 Å². The predicted octanol–water partition coefficient (Wildman–Crippen LogP) is 3.62. The average molecular weight is 189 g/mol. The van der Waals surface area contributed by atoms with Crippen LogP contribution in [0.15, 0.2) is 10.6 Å². The third-order valence-corrected chi connectivity index (χ3v) is 2.46. The molecule has 0 bridgehead atoms.